The lowest BCUT2D eigenvalue weighted by molar-refractivity contribution is -0.387. The SMILES string of the molecule is C/C=C(/C)C(=O)O[C@H]1[C@H](OC(C)=O)[C@@]2(CO)C(CC1(C)C)C1=CCC3[C@@]4(C)CC[C@H](O[C@@H]5O[C@H](C(=O)O)[C@@H](O[C@@H]6O[C@H](CO)[C@@H](O)[C@H](O)[C@H]6O)[C@H](O)[C@H]5O[C@@H]5OC[C@@H](O)[C@H](O)[C@H]5O)[C@](C)(CO)C4CC[C@@]3(C)[C@]1(C)C[C@H]2O. The Kier molecular flexibility index (Phi) is 17.1. The molecule has 12 N–H and O–H groups in total. The van der Waals surface area contributed by atoms with Crippen LogP contribution in [0.3, 0.4) is 0 Å². The van der Waals surface area contributed by atoms with E-state index in [-0.39, 0.29) is 24.7 Å². The Morgan fingerprint density at radius 3 is 1.99 bits per heavy atom. The fraction of sp³-hybridized carbons (Fsp3) is 0.870. The molecule has 0 aromatic rings. The first-order valence-electron chi connectivity index (χ1n) is 27.1. The van der Waals surface area contributed by atoms with Crippen molar-refractivity contribution in [1.29, 1.82) is 0 Å². The van der Waals surface area contributed by atoms with Crippen LogP contribution in [0.25, 0.3) is 0 Å². The Bertz CT molecular complexity index is 2240. The van der Waals surface area contributed by atoms with Gasteiger partial charge in [0.15, 0.2) is 25.0 Å². The van der Waals surface area contributed by atoms with Gasteiger partial charge in [0, 0.05) is 23.3 Å². The average molecular weight is 1100 g/mol. The van der Waals surface area contributed by atoms with Gasteiger partial charge in [0.1, 0.15) is 73.2 Å². The van der Waals surface area contributed by atoms with E-state index in [2.05, 4.69) is 26.8 Å². The van der Waals surface area contributed by atoms with Gasteiger partial charge >= 0.3 is 17.9 Å². The van der Waals surface area contributed by atoms with Gasteiger partial charge in [0.2, 0.25) is 0 Å². The van der Waals surface area contributed by atoms with E-state index in [9.17, 15) is 75.7 Å². The van der Waals surface area contributed by atoms with Gasteiger partial charge in [0.05, 0.1) is 44.1 Å². The molecule has 0 aromatic carbocycles. The summed E-state index contributed by atoms with van der Waals surface area (Å²) in [4.78, 5) is 39.4. The lowest BCUT2D eigenvalue weighted by atomic mass is 9.33. The standard InChI is InChI=1S/C54H84O23/c1-10-23(2)45(69)77-42-43(71-24(3)58)54(22-57)26(17-49(42,4)5)25-11-12-30-50(6)15-14-32(51(7,21-56)29(50)13-16-52(30,8)53(25,9)18-31(54)60)73-48-40(75-46-36(64)33(61)27(59)20-70-46)38(66)39(41(76-48)44(67)68)74-47-37(65)35(63)34(62)28(19-55)72-47/h10-11,26-43,46-48,55-57,59-66H,12-22H2,1-9H3,(H,67,68)/b23-10-/t26?,27-,28-,29?,30?,31-,32+,33+,34-,35+,36-,37-,38+,39+,40-,41+,42+,43+,46+,47+,48-,50+,51-,52-,53-,54+/m1/s1. The first-order chi connectivity index (χ1) is 36.0. The van der Waals surface area contributed by atoms with Crippen LogP contribution in [0.2, 0.25) is 0 Å². The molecule has 26 atom stereocenters. The molecule has 0 spiro atoms. The van der Waals surface area contributed by atoms with Crippen LogP contribution >= 0.6 is 0 Å². The molecule has 8 rings (SSSR count). The Balaban J connectivity index is 1.11. The largest absolute Gasteiger partial charge is 0.479 e. The van der Waals surface area contributed by atoms with Crippen LogP contribution in [0.5, 0.6) is 0 Å². The van der Waals surface area contributed by atoms with Crippen LogP contribution in [-0.2, 0) is 52.3 Å². The molecule has 3 saturated heterocycles. The number of hydrogen-bond acceptors (Lipinski definition) is 22. The van der Waals surface area contributed by atoms with Crippen LogP contribution in [-0.4, -0.2) is 216 Å². The summed E-state index contributed by atoms with van der Waals surface area (Å²) in [6.45, 7) is 14.6. The van der Waals surface area contributed by atoms with E-state index in [1.165, 1.54) is 6.92 Å². The number of ether oxygens (including phenoxy) is 8. The number of aliphatic hydroxyl groups is 11. The summed E-state index contributed by atoms with van der Waals surface area (Å²) in [5.74, 6) is -3.76. The van der Waals surface area contributed by atoms with Gasteiger partial charge in [-0.15, -0.1) is 0 Å². The molecule has 3 heterocycles. The molecule has 4 saturated carbocycles. The minimum atomic E-state index is -2.11. The maximum absolute atomic E-state index is 13.4. The van der Waals surface area contributed by atoms with E-state index in [1.54, 1.807) is 19.9 Å². The number of aliphatic hydroxyl groups excluding tert-OH is 11. The summed E-state index contributed by atoms with van der Waals surface area (Å²) in [6, 6.07) is 0. The second-order valence-electron chi connectivity index (χ2n) is 25.1. The molecule has 77 heavy (non-hydrogen) atoms. The number of rotatable bonds is 13. The molecule has 0 radical (unpaired) electrons. The fourth-order valence-electron chi connectivity index (χ4n) is 16.0. The highest BCUT2D eigenvalue weighted by Gasteiger charge is 2.74. The van der Waals surface area contributed by atoms with Crippen molar-refractivity contribution in [3.63, 3.8) is 0 Å². The van der Waals surface area contributed by atoms with Gasteiger partial charge < -0.3 is 99.2 Å². The van der Waals surface area contributed by atoms with E-state index in [1.807, 2.05) is 20.8 Å². The van der Waals surface area contributed by atoms with Crippen LogP contribution in [0, 0.1) is 50.2 Å². The first-order valence-corrected chi connectivity index (χ1v) is 27.1. The average Bonchev–Trinajstić information content (AvgIpc) is 3.54. The van der Waals surface area contributed by atoms with Crippen molar-refractivity contribution in [2.75, 3.05) is 26.4 Å². The van der Waals surface area contributed by atoms with Gasteiger partial charge in [-0.05, 0) is 92.8 Å². The number of allylic oxidation sites excluding steroid dienone is 3. The summed E-state index contributed by atoms with van der Waals surface area (Å²) in [5.41, 5.74) is -3.63. The Hall–Kier alpha value is -2.79. The monoisotopic (exact) mass is 1100 g/mol. The molecule has 0 aromatic heterocycles. The van der Waals surface area contributed by atoms with Crippen LogP contribution in [0.1, 0.15) is 107 Å². The van der Waals surface area contributed by atoms with Crippen molar-refractivity contribution in [3.8, 4) is 0 Å². The van der Waals surface area contributed by atoms with E-state index in [4.69, 9.17) is 37.9 Å². The highest BCUT2D eigenvalue weighted by molar-refractivity contribution is 5.87. The molecular formula is C54H84O23. The van der Waals surface area contributed by atoms with Crippen molar-refractivity contribution < 1.29 is 114 Å². The fourth-order valence-corrected chi connectivity index (χ4v) is 16.0. The van der Waals surface area contributed by atoms with E-state index >= 15 is 0 Å². The quantitative estimate of drug-likeness (QED) is 0.0470. The summed E-state index contributed by atoms with van der Waals surface area (Å²) >= 11 is 0. The second-order valence-corrected chi connectivity index (χ2v) is 25.1. The van der Waals surface area contributed by atoms with E-state index in [0.29, 0.717) is 37.7 Å². The number of esters is 2. The van der Waals surface area contributed by atoms with Gasteiger partial charge in [-0.2, -0.15) is 0 Å². The molecular weight excluding hydrogens is 1020 g/mol. The molecule has 23 heteroatoms. The highest BCUT2D eigenvalue weighted by atomic mass is 16.8. The zero-order chi connectivity index (χ0) is 56.9. The maximum atomic E-state index is 13.4. The Labute approximate surface area is 448 Å². The molecule has 3 aliphatic heterocycles. The minimum absolute atomic E-state index is 0.0613. The Morgan fingerprint density at radius 1 is 0.714 bits per heavy atom. The lowest BCUT2D eigenvalue weighted by Crippen LogP contribution is -2.72. The van der Waals surface area contributed by atoms with Crippen LogP contribution in [0.15, 0.2) is 23.3 Å². The number of carboxylic acid groups (broad SMARTS) is 1. The predicted molar refractivity (Wildman–Crippen MR) is 263 cm³/mol. The smallest absolute Gasteiger partial charge is 0.335 e. The van der Waals surface area contributed by atoms with Crippen molar-refractivity contribution in [2.45, 2.75) is 218 Å². The predicted octanol–water partition coefficient (Wildman–Crippen LogP) is -0.682. The van der Waals surface area contributed by atoms with Gasteiger partial charge in [-0.1, -0.05) is 59.3 Å². The molecule has 8 aliphatic rings. The summed E-state index contributed by atoms with van der Waals surface area (Å²) in [7, 11) is 0. The highest BCUT2D eigenvalue weighted by Crippen LogP contribution is 2.76. The minimum Gasteiger partial charge on any atom is -0.479 e. The number of carbonyl (C=O) groups is 3. The lowest BCUT2D eigenvalue weighted by Gasteiger charge is -2.72. The molecule has 0 amide bonds. The maximum Gasteiger partial charge on any atom is 0.335 e. The molecule has 438 valence electrons. The first kappa shape index (κ1) is 60.3. The molecule has 23 nitrogen and oxygen atoms in total. The number of hydrogen-bond donors (Lipinski definition) is 12. The van der Waals surface area contributed by atoms with Crippen molar-refractivity contribution in [3.05, 3.63) is 23.3 Å². The number of carboxylic acids is 1. The van der Waals surface area contributed by atoms with Gasteiger partial charge in [-0.25, -0.2) is 9.59 Å². The van der Waals surface area contributed by atoms with Crippen molar-refractivity contribution in [2.24, 2.45) is 50.2 Å². The van der Waals surface area contributed by atoms with Crippen LogP contribution in [0.4, 0.5) is 0 Å². The van der Waals surface area contributed by atoms with Crippen molar-refractivity contribution >= 4 is 17.9 Å². The summed E-state index contributed by atoms with van der Waals surface area (Å²) in [5, 5.41) is 132. The third kappa shape index (κ3) is 9.64. The third-order valence-electron chi connectivity index (χ3n) is 20.7. The van der Waals surface area contributed by atoms with Gasteiger partial charge in [0.25, 0.3) is 0 Å². The Morgan fingerprint density at radius 2 is 1.38 bits per heavy atom. The summed E-state index contributed by atoms with van der Waals surface area (Å²) < 4.78 is 48.0. The summed E-state index contributed by atoms with van der Waals surface area (Å²) in [6.07, 6.45) is -23.5. The zero-order valence-electron chi connectivity index (χ0n) is 45.4. The molecule has 3 unspecified atom stereocenters. The number of fused-ring (bicyclic) bond motifs is 7. The number of carbonyl (C=O) groups excluding carboxylic acids is 2. The molecule has 5 aliphatic carbocycles. The molecule has 7 fully saturated rings. The topological polar surface area (TPSA) is 368 Å². The van der Waals surface area contributed by atoms with E-state index in [0.717, 1.165) is 5.57 Å². The number of aliphatic carboxylic acids is 1. The van der Waals surface area contributed by atoms with Gasteiger partial charge in [-0.3, -0.25) is 4.79 Å². The van der Waals surface area contributed by atoms with E-state index < -0.39 is 193 Å². The van der Waals surface area contributed by atoms with Crippen molar-refractivity contribution in [1.82, 2.24) is 0 Å². The van der Waals surface area contributed by atoms with Crippen LogP contribution < -0.4 is 0 Å². The third-order valence-corrected chi connectivity index (χ3v) is 20.7. The molecule has 0 bridgehead atoms. The normalized spacial score (nSPS) is 50.7. The zero-order valence-corrected chi connectivity index (χ0v) is 45.4. The second kappa shape index (κ2) is 21.8.